The number of hydrogen-bond donors (Lipinski definition) is 2. The lowest BCUT2D eigenvalue weighted by Crippen LogP contribution is -2.54. The van der Waals surface area contributed by atoms with Gasteiger partial charge in [0, 0.05) is 12.5 Å². The Bertz CT molecular complexity index is 991. The van der Waals surface area contributed by atoms with Crippen LogP contribution in [0.3, 0.4) is 0 Å². The number of amides is 3. The summed E-state index contributed by atoms with van der Waals surface area (Å²) in [5.41, 5.74) is 5.74. The zero-order valence-electron chi connectivity index (χ0n) is 14.6. The van der Waals surface area contributed by atoms with Gasteiger partial charge in [0.25, 0.3) is 0 Å². The van der Waals surface area contributed by atoms with Crippen molar-refractivity contribution >= 4 is 40.8 Å². The number of carbonyl (C=O) groups excluding carboxylic acids is 2. The number of primary amides is 1. The van der Waals surface area contributed by atoms with Gasteiger partial charge in [-0.2, -0.15) is 0 Å². The van der Waals surface area contributed by atoms with Crippen LogP contribution < -0.4 is 20.7 Å². The first kappa shape index (κ1) is 21.1. The Kier molecular flexibility index (Phi) is 6.09. The molecule has 6 nitrogen and oxygen atoms in total. The maximum Gasteiger partial charge on any atom is 0.312 e. The monoisotopic (exact) mass is 447 g/mol. The number of carbonyl (C=O) groups is 2. The van der Waals surface area contributed by atoms with Crippen molar-refractivity contribution in [3.63, 3.8) is 0 Å². The predicted octanol–water partition coefficient (Wildman–Crippen LogP) is 3.96. The van der Waals surface area contributed by atoms with Crippen LogP contribution in [0, 0.1) is 11.6 Å². The number of urea groups is 1. The number of nitrogens with one attached hydrogen (secondary N) is 1. The Labute approximate surface area is 173 Å². The van der Waals surface area contributed by atoms with Crippen LogP contribution in [0.5, 0.6) is 11.5 Å². The second-order valence-corrected chi connectivity index (χ2v) is 6.94. The average molecular weight is 448 g/mol. The molecule has 154 valence electrons. The molecule has 0 bridgehead atoms. The molecule has 11 heteroatoms. The molecule has 0 spiro atoms. The number of rotatable bonds is 5. The third-order valence-electron chi connectivity index (χ3n) is 4.24. The molecule has 0 saturated carbocycles. The lowest BCUT2D eigenvalue weighted by Gasteiger charge is -2.35. The van der Waals surface area contributed by atoms with Crippen molar-refractivity contribution in [2.45, 2.75) is 12.5 Å². The summed E-state index contributed by atoms with van der Waals surface area (Å²) < 4.78 is 45.7. The van der Waals surface area contributed by atoms with Gasteiger partial charge >= 0.3 is 6.03 Å². The minimum absolute atomic E-state index is 0.0301. The molecule has 0 saturated heterocycles. The van der Waals surface area contributed by atoms with Crippen LogP contribution in [0.25, 0.3) is 0 Å². The number of anilines is 1. The second kappa shape index (κ2) is 8.38. The van der Waals surface area contributed by atoms with E-state index in [2.05, 4.69) is 5.32 Å². The van der Waals surface area contributed by atoms with Gasteiger partial charge in [-0.15, -0.1) is 0 Å². The molecule has 0 aliphatic carbocycles. The van der Waals surface area contributed by atoms with Crippen LogP contribution in [0.4, 0.5) is 23.7 Å². The predicted molar refractivity (Wildman–Crippen MR) is 101 cm³/mol. The minimum Gasteiger partial charge on any atom is -0.452 e. The minimum atomic E-state index is -1.20. The van der Waals surface area contributed by atoms with Gasteiger partial charge in [-0.25, -0.2) is 18.0 Å². The van der Waals surface area contributed by atoms with Gasteiger partial charge in [-0.3, -0.25) is 4.79 Å². The lowest BCUT2D eigenvalue weighted by molar-refractivity contribution is -0.120. The van der Waals surface area contributed by atoms with E-state index in [0.29, 0.717) is 5.56 Å². The van der Waals surface area contributed by atoms with E-state index in [0.717, 1.165) is 17.0 Å². The summed E-state index contributed by atoms with van der Waals surface area (Å²) in [4.78, 5) is 25.0. The van der Waals surface area contributed by atoms with E-state index in [9.17, 15) is 22.8 Å². The Balaban J connectivity index is 2.10. The van der Waals surface area contributed by atoms with Gasteiger partial charge in [0.05, 0.1) is 22.3 Å². The van der Waals surface area contributed by atoms with E-state index in [1.165, 1.54) is 6.07 Å². The number of halogens is 5. The molecule has 29 heavy (non-hydrogen) atoms. The van der Waals surface area contributed by atoms with E-state index in [1.54, 1.807) is 6.07 Å². The number of benzene rings is 2. The zero-order chi connectivity index (χ0) is 21.3. The molecule has 0 radical (unpaired) electrons. The van der Waals surface area contributed by atoms with Crippen molar-refractivity contribution in [2.24, 2.45) is 5.73 Å². The molecule has 2 aromatic rings. The zero-order valence-corrected chi connectivity index (χ0v) is 16.2. The molecular weight excluding hydrogens is 434 g/mol. The van der Waals surface area contributed by atoms with E-state index in [-0.39, 0.29) is 40.2 Å². The molecule has 3 rings (SSSR count). The fraction of sp³-hybridized carbons (Fsp3) is 0.222. The number of nitrogens with two attached hydrogens (primary N) is 1. The lowest BCUT2D eigenvalue weighted by atomic mass is 9.96. The summed E-state index contributed by atoms with van der Waals surface area (Å²) in [5, 5.41) is 2.11. The summed E-state index contributed by atoms with van der Waals surface area (Å²) in [5.74, 6) is -3.33. The van der Waals surface area contributed by atoms with Crippen molar-refractivity contribution in [1.82, 2.24) is 5.32 Å². The summed E-state index contributed by atoms with van der Waals surface area (Å²) in [6, 6.07) is 2.57. The standard InChI is InChI=1S/C18H14Cl2F3N3O3/c19-9-2-1-8-5-13(25-18(24)28)17(27)26(4-3-21)15(8)16(9)29-14-7-12(23)11(22)6-10(14)20/h1-2,6-7,13H,3-5H2,(H3,24,25,28)/t13-/m1/s1. The van der Waals surface area contributed by atoms with Crippen LogP contribution in [0.15, 0.2) is 24.3 Å². The first-order chi connectivity index (χ1) is 13.7. The average Bonchev–Trinajstić information content (AvgIpc) is 2.65. The van der Waals surface area contributed by atoms with Crippen LogP contribution in [-0.2, 0) is 11.2 Å². The molecule has 1 atom stereocenters. The summed E-state index contributed by atoms with van der Waals surface area (Å²) in [6.07, 6.45) is 0.0406. The largest absolute Gasteiger partial charge is 0.452 e. The van der Waals surface area contributed by atoms with Crippen LogP contribution in [0.2, 0.25) is 10.0 Å². The van der Waals surface area contributed by atoms with Crippen molar-refractivity contribution in [3.05, 3.63) is 51.5 Å². The van der Waals surface area contributed by atoms with Gasteiger partial charge in [0.15, 0.2) is 17.4 Å². The maximum atomic E-state index is 13.6. The van der Waals surface area contributed by atoms with E-state index >= 15 is 0 Å². The van der Waals surface area contributed by atoms with Crippen LogP contribution >= 0.6 is 23.2 Å². The Morgan fingerprint density at radius 2 is 1.93 bits per heavy atom. The summed E-state index contributed by atoms with van der Waals surface area (Å²) >= 11 is 12.1. The molecule has 2 aromatic carbocycles. The van der Waals surface area contributed by atoms with Crippen LogP contribution in [0.1, 0.15) is 5.56 Å². The van der Waals surface area contributed by atoms with Crippen LogP contribution in [-0.4, -0.2) is 31.2 Å². The highest BCUT2D eigenvalue weighted by Gasteiger charge is 2.36. The van der Waals surface area contributed by atoms with Crippen molar-refractivity contribution in [1.29, 1.82) is 0 Å². The first-order valence-corrected chi connectivity index (χ1v) is 9.05. The highest BCUT2D eigenvalue weighted by atomic mass is 35.5. The van der Waals surface area contributed by atoms with E-state index in [1.807, 2.05) is 0 Å². The molecule has 1 heterocycles. The number of alkyl halides is 1. The smallest absolute Gasteiger partial charge is 0.312 e. The highest BCUT2D eigenvalue weighted by Crippen LogP contribution is 2.45. The number of ether oxygens (including phenoxy) is 1. The molecule has 3 amide bonds. The topological polar surface area (TPSA) is 84.7 Å². The fourth-order valence-corrected chi connectivity index (χ4v) is 3.41. The first-order valence-electron chi connectivity index (χ1n) is 8.30. The van der Waals surface area contributed by atoms with Crippen molar-refractivity contribution < 1.29 is 27.5 Å². The SMILES string of the molecule is NC(=O)N[C@@H]1Cc2ccc(Cl)c(Oc3cc(F)c(F)cc3Cl)c2N(CCF)C1=O. The molecule has 0 fully saturated rings. The molecule has 1 aliphatic rings. The number of fused-ring (bicyclic) bond motifs is 1. The third kappa shape index (κ3) is 4.20. The maximum absolute atomic E-state index is 13.6. The van der Waals surface area contributed by atoms with Gasteiger partial charge in [-0.1, -0.05) is 29.3 Å². The van der Waals surface area contributed by atoms with E-state index < -0.39 is 36.3 Å². The number of hydrogen-bond acceptors (Lipinski definition) is 3. The quantitative estimate of drug-likeness (QED) is 0.680. The third-order valence-corrected chi connectivity index (χ3v) is 4.83. The highest BCUT2D eigenvalue weighted by molar-refractivity contribution is 6.33. The Hall–Kier alpha value is -2.65. The fourth-order valence-electron chi connectivity index (χ4n) is 3.03. The molecule has 0 aromatic heterocycles. The Morgan fingerprint density at radius 3 is 2.59 bits per heavy atom. The molecule has 0 unspecified atom stereocenters. The van der Waals surface area contributed by atoms with Gasteiger partial charge < -0.3 is 20.7 Å². The van der Waals surface area contributed by atoms with Crippen molar-refractivity contribution in [2.75, 3.05) is 18.1 Å². The van der Waals surface area contributed by atoms with Gasteiger partial charge in [0.1, 0.15) is 18.5 Å². The number of nitrogens with zero attached hydrogens (tertiary/aromatic N) is 1. The summed E-state index contributed by atoms with van der Waals surface area (Å²) in [7, 11) is 0. The van der Waals surface area contributed by atoms with Gasteiger partial charge in [-0.05, 0) is 17.7 Å². The summed E-state index contributed by atoms with van der Waals surface area (Å²) in [6.45, 7) is -1.25. The van der Waals surface area contributed by atoms with Crippen molar-refractivity contribution in [3.8, 4) is 11.5 Å². The Morgan fingerprint density at radius 1 is 1.24 bits per heavy atom. The second-order valence-electron chi connectivity index (χ2n) is 6.13. The molecule has 3 N–H and O–H groups in total. The molecular formula is C18H14Cl2F3N3O3. The molecule has 1 aliphatic heterocycles. The van der Waals surface area contributed by atoms with Gasteiger partial charge in [0.2, 0.25) is 5.91 Å². The normalized spacial score (nSPS) is 15.8. The van der Waals surface area contributed by atoms with E-state index in [4.69, 9.17) is 33.7 Å².